The van der Waals surface area contributed by atoms with E-state index in [1.807, 2.05) is 0 Å². The lowest BCUT2D eigenvalue weighted by atomic mass is 10.2. The highest BCUT2D eigenvalue weighted by Gasteiger charge is 2.22. The predicted molar refractivity (Wildman–Crippen MR) is 120 cm³/mol. The Kier molecular flexibility index (Phi) is 6.74. The van der Waals surface area contributed by atoms with Gasteiger partial charge in [0, 0.05) is 17.2 Å². The summed E-state index contributed by atoms with van der Waals surface area (Å²) < 4.78 is 7.17. The summed E-state index contributed by atoms with van der Waals surface area (Å²) >= 11 is 18.1. The Morgan fingerprint density at radius 2 is 1.90 bits per heavy atom. The molecule has 31 heavy (non-hydrogen) atoms. The molecule has 0 radical (unpaired) electrons. The van der Waals surface area contributed by atoms with Gasteiger partial charge < -0.3 is 10.1 Å². The van der Waals surface area contributed by atoms with Crippen molar-refractivity contribution in [3.05, 3.63) is 73.0 Å². The van der Waals surface area contributed by atoms with Crippen LogP contribution >= 0.6 is 34.8 Å². The van der Waals surface area contributed by atoms with Crippen LogP contribution in [0.1, 0.15) is 24.4 Å². The second-order valence-corrected chi connectivity index (χ2v) is 7.97. The van der Waals surface area contributed by atoms with Crippen LogP contribution in [0.4, 0.5) is 11.4 Å². The van der Waals surface area contributed by atoms with Crippen LogP contribution in [0.5, 0.6) is 11.5 Å². The zero-order chi connectivity index (χ0) is 22.9. The molecule has 0 bridgehead atoms. The van der Waals surface area contributed by atoms with Crippen molar-refractivity contribution in [3.63, 3.8) is 0 Å². The number of nitro groups is 1. The van der Waals surface area contributed by atoms with E-state index in [4.69, 9.17) is 39.5 Å². The first-order chi connectivity index (χ1) is 14.6. The summed E-state index contributed by atoms with van der Waals surface area (Å²) in [5.74, 6) is -0.0525. The molecule has 3 aromatic rings. The van der Waals surface area contributed by atoms with Gasteiger partial charge in [-0.25, -0.2) is 0 Å². The number of aryl methyl sites for hydroxylation is 1. The Morgan fingerprint density at radius 1 is 1.19 bits per heavy atom. The molecular weight excluding hydrogens is 467 g/mol. The molecule has 1 unspecified atom stereocenters. The smallest absolute Gasteiger partial charge is 0.275 e. The molecule has 0 aliphatic carbocycles. The Hall–Kier alpha value is -2.81. The predicted octanol–water partition coefficient (Wildman–Crippen LogP) is 6.36. The highest BCUT2D eigenvalue weighted by Crippen LogP contribution is 2.35. The molecule has 2 aromatic carbocycles. The molecule has 0 aliphatic rings. The summed E-state index contributed by atoms with van der Waals surface area (Å²) in [7, 11) is 0. The van der Waals surface area contributed by atoms with Crippen LogP contribution in [0, 0.1) is 24.0 Å². The van der Waals surface area contributed by atoms with E-state index in [2.05, 4.69) is 10.4 Å². The standard InChI is InChI=1S/C20H17Cl3N4O4/c1-10-19(23)11(2)26(25-10)12(3)20(28)24-14-7-15(27(29)30)9-16(8-14)31-18-5-4-13(21)6-17(18)22/h4-9,12H,1-3H3,(H,24,28). The van der Waals surface area contributed by atoms with E-state index in [9.17, 15) is 14.9 Å². The lowest BCUT2D eigenvalue weighted by molar-refractivity contribution is -0.384. The van der Waals surface area contributed by atoms with Crippen LogP contribution in [-0.2, 0) is 4.79 Å². The Morgan fingerprint density at radius 3 is 2.48 bits per heavy atom. The van der Waals surface area contributed by atoms with Gasteiger partial charge in [0.05, 0.1) is 38.1 Å². The quantitative estimate of drug-likeness (QED) is 0.325. The van der Waals surface area contributed by atoms with E-state index < -0.39 is 16.9 Å². The van der Waals surface area contributed by atoms with Crippen molar-refractivity contribution in [1.82, 2.24) is 9.78 Å². The second-order valence-electron chi connectivity index (χ2n) is 6.74. The fourth-order valence-electron chi connectivity index (χ4n) is 2.88. The number of non-ortho nitro benzene ring substituents is 1. The number of hydrogen-bond donors (Lipinski definition) is 1. The zero-order valence-electron chi connectivity index (χ0n) is 16.6. The number of nitro benzene ring substituents is 1. The maximum atomic E-state index is 12.8. The Balaban J connectivity index is 1.88. The molecule has 3 rings (SSSR count). The summed E-state index contributed by atoms with van der Waals surface area (Å²) in [5.41, 5.74) is 1.16. The zero-order valence-corrected chi connectivity index (χ0v) is 18.9. The minimum Gasteiger partial charge on any atom is -0.455 e. The first kappa shape index (κ1) is 22.9. The topological polar surface area (TPSA) is 99.3 Å². The van der Waals surface area contributed by atoms with Crippen LogP contribution in [0.25, 0.3) is 0 Å². The number of amides is 1. The van der Waals surface area contributed by atoms with Gasteiger partial charge in [-0.15, -0.1) is 0 Å². The van der Waals surface area contributed by atoms with E-state index in [0.717, 1.165) is 0 Å². The molecule has 1 aromatic heterocycles. The van der Waals surface area contributed by atoms with Gasteiger partial charge in [-0.3, -0.25) is 19.6 Å². The van der Waals surface area contributed by atoms with Crippen LogP contribution in [0.15, 0.2) is 36.4 Å². The molecule has 0 aliphatic heterocycles. The third kappa shape index (κ3) is 5.10. The molecule has 1 atom stereocenters. The third-order valence-corrected chi connectivity index (χ3v) is 5.55. The fraction of sp³-hybridized carbons (Fsp3) is 0.200. The van der Waals surface area contributed by atoms with Crippen LogP contribution in [0.3, 0.4) is 0 Å². The number of nitrogens with one attached hydrogen (secondary N) is 1. The number of hydrogen-bond acceptors (Lipinski definition) is 5. The number of carbonyl (C=O) groups is 1. The van der Waals surface area contributed by atoms with Gasteiger partial charge in [0.1, 0.15) is 17.5 Å². The molecule has 0 fully saturated rings. The van der Waals surface area contributed by atoms with Crippen LogP contribution in [-0.4, -0.2) is 20.6 Å². The largest absolute Gasteiger partial charge is 0.455 e. The third-order valence-electron chi connectivity index (χ3n) is 4.47. The summed E-state index contributed by atoms with van der Waals surface area (Å²) in [6, 6.07) is 7.80. The SMILES string of the molecule is Cc1nn(C(C)C(=O)Nc2cc(Oc3ccc(Cl)cc3Cl)cc([N+](=O)[O-])c2)c(C)c1Cl. The molecule has 11 heteroatoms. The van der Waals surface area contributed by atoms with Gasteiger partial charge in [-0.1, -0.05) is 34.8 Å². The number of rotatable bonds is 6. The van der Waals surface area contributed by atoms with Gasteiger partial charge in [-0.2, -0.15) is 5.10 Å². The summed E-state index contributed by atoms with van der Waals surface area (Å²) in [6.07, 6.45) is 0. The van der Waals surface area contributed by atoms with Crippen molar-refractivity contribution in [1.29, 1.82) is 0 Å². The summed E-state index contributed by atoms with van der Waals surface area (Å²) in [4.78, 5) is 23.5. The highest BCUT2D eigenvalue weighted by atomic mass is 35.5. The van der Waals surface area contributed by atoms with Gasteiger partial charge in [0.2, 0.25) is 5.91 Å². The van der Waals surface area contributed by atoms with Gasteiger partial charge >= 0.3 is 0 Å². The molecule has 1 N–H and O–H groups in total. The Bertz CT molecular complexity index is 1180. The van der Waals surface area contributed by atoms with E-state index in [1.54, 1.807) is 26.8 Å². The minimum atomic E-state index is -0.708. The Labute approximate surface area is 192 Å². The highest BCUT2D eigenvalue weighted by molar-refractivity contribution is 6.35. The van der Waals surface area contributed by atoms with E-state index in [0.29, 0.717) is 21.4 Å². The molecule has 8 nitrogen and oxygen atoms in total. The lowest BCUT2D eigenvalue weighted by Gasteiger charge is -2.15. The van der Waals surface area contributed by atoms with Gasteiger partial charge in [0.15, 0.2) is 0 Å². The number of halogens is 3. The maximum Gasteiger partial charge on any atom is 0.275 e. The molecule has 1 heterocycles. The molecule has 0 spiro atoms. The first-order valence-corrected chi connectivity index (χ1v) is 10.1. The van der Waals surface area contributed by atoms with E-state index >= 15 is 0 Å². The number of ether oxygens (including phenoxy) is 1. The molecule has 162 valence electrons. The van der Waals surface area contributed by atoms with Crippen molar-refractivity contribution >= 4 is 52.1 Å². The first-order valence-electron chi connectivity index (χ1n) is 9.01. The molecule has 0 saturated heterocycles. The van der Waals surface area contributed by atoms with Crippen LogP contribution in [0.2, 0.25) is 15.1 Å². The lowest BCUT2D eigenvalue weighted by Crippen LogP contribution is -2.25. The fourth-order valence-corrected chi connectivity index (χ4v) is 3.45. The van der Waals surface area contributed by atoms with Crippen molar-refractivity contribution in [2.75, 3.05) is 5.32 Å². The van der Waals surface area contributed by atoms with Gasteiger partial charge in [0.25, 0.3) is 5.69 Å². The number of anilines is 1. The molecule has 1 amide bonds. The minimum absolute atomic E-state index is 0.121. The van der Waals surface area contributed by atoms with Crippen molar-refractivity contribution in [2.45, 2.75) is 26.8 Å². The average molecular weight is 484 g/mol. The molecule has 0 saturated carbocycles. The van der Waals surface area contributed by atoms with E-state index in [-0.39, 0.29) is 27.9 Å². The monoisotopic (exact) mass is 482 g/mol. The van der Waals surface area contributed by atoms with Crippen LogP contribution < -0.4 is 10.1 Å². The second kappa shape index (κ2) is 9.13. The number of nitrogens with zero attached hydrogens (tertiary/aromatic N) is 3. The number of carbonyl (C=O) groups excluding carboxylic acids is 1. The summed E-state index contributed by atoms with van der Waals surface area (Å²) in [5, 5.41) is 19.4. The van der Waals surface area contributed by atoms with E-state index in [1.165, 1.54) is 35.0 Å². The maximum absolute atomic E-state index is 12.8. The number of benzene rings is 2. The van der Waals surface area contributed by atoms with Gasteiger partial charge in [-0.05, 0) is 39.0 Å². The van der Waals surface area contributed by atoms with Crippen molar-refractivity contribution in [3.8, 4) is 11.5 Å². The van der Waals surface area contributed by atoms with Crippen molar-refractivity contribution in [2.24, 2.45) is 0 Å². The number of aromatic nitrogens is 2. The summed E-state index contributed by atoms with van der Waals surface area (Å²) in [6.45, 7) is 5.14. The van der Waals surface area contributed by atoms with Crippen molar-refractivity contribution < 1.29 is 14.5 Å². The molecular formula is C20H17Cl3N4O4. The normalized spacial score (nSPS) is 11.8. The average Bonchev–Trinajstić information content (AvgIpc) is 2.96.